The third-order valence-corrected chi connectivity index (χ3v) is 7.36. The Bertz CT molecular complexity index is 567. The van der Waals surface area contributed by atoms with E-state index >= 15 is 0 Å². The molecule has 0 saturated carbocycles. The van der Waals surface area contributed by atoms with Crippen molar-refractivity contribution in [3.63, 3.8) is 0 Å². The Balaban J connectivity index is 3.53. The van der Waals surface area contributed by atoms with E-state index < -0.39 is 13.9 Å². The van der Waals surface area contributed by atoms with Gasteiger partial charge >= 0.3 is 7.82 Å². The van der Waals surface area contributed by atoms with Gasteiger partial charge in [0.2, 0.25) is 0 Å². The Morgan fingerprint density at radius 2 is 1.24 bits per heavy atom. The summed E-state index contributed by atoms with van der Waals surface area (Å²) >= 11 is 0. The predicted octanol–water partition coefficient (Wildman–Crippen LogP) is 7.68. The summed E-state index contributed by atoms with van der Waals surface area (Å²) in [5, 5.41) is 0. The van der Waals surface area contributed by atoms with Crippen molar-refractivity contribution < 1.29 is 32.5 Å². The zero-order chi connectivity index (χ0) is 27.7. The Morgan fingerprint density at radius 1 is 0.730 bits per heavy atom. The molecule has 222 valence electrons. The lowest BCUT2D eigenvalue weighted by Crippen LogP contribution is -2.37. The number of rotatable bonds is 28. The summed E-state index contributed by atoms with van der Waals surface area (Å²) < 4.78 is 33.7. The fourth-order valence-corrected chi connectivity index (χ4v) is 4.59. The molecule has 0 spiro atoms. The molecule has 0 aromatic rings. The van der Waals surface area contributed by atoms with Gasteiger partial charge < -0.3 is 18.9 Å². The van der Waals surface area contributed by atoms with Gasteiger partial charge in [-0.25, -0.2) is 4.57 Å². The molecule has 0 aliphatic heterocycles. The molecule has 37 heavy (non-hydrogen) atoms. The van der Waals surface area contributed by atoms with Crippen molar-refractivity contribution in [2.45, 2.75) is 116 Å². The van der Waals surface area contributed by atoms with Crippen molar-refractivity contribution in [3.05, 3.63) is 12.2 Å². The molecule has 0 amide bonds. The van der Waals surface area contributed by atoms with Crippen LogP contribution in [0.5, 0.6) is 0 Å². The van der Waals surface area contributed by atoms with Crippen LogP contribution < -0.4 is 0 Å². The van der Waals surface area contributed by atoms with Crippen LogP contribution >= 0.6 is 7.82 Å². The monoisotopic (exact) mass is 550 g/mol. The second-order valence-corrected chi connectivity index (χ2v) is 12.6. The van der Waals surface area contributed by atoms with Gasteiger partial charge in [-0.2, -0.15) is 0 Å². The average molecular weight is 551 g/mol. The summed E-state index contributed by atoms with van der Waals surface area (Å²) in [6, 6.07) is 0. The third kappa shape index (κ3) is 28.6. The van der Waals surface area contributed by atoms with E-state index in [1.54, 1.807) is 7.11 Å². The minimum atomic E-state index is -4.08. The summed E-state index contributed by atoms with van der Waals surface area (Å²) in [6.07, 6.45) is 25.3. The normalized spacial score (nSPS) is 14.9. The van der Waals surface area contributed by atoms with Gasteiger partial charge in [-0.05, 0) is 32.1 Å². The number of likely N-dealkylation sites (N-methyl/N-ethyl adjacent to an activating group) is 1. The van der Waals surface area contributed by atoms with Crippen molar-refractivity contribution in [1.29, 1.82) is 0 Å². The topological polar surface area (TPSA) is 74.2 Å². The Labute approximate surface area is 229 Å². The molecular weight excluding hydrogens is 489 g/mol. The van der Waals surface area contributed by atoms with Gasteiger partial charge in [0.1, 0.15) is 19.3 Å². The van der Waals surface area contributed by atoms with E-state index in [0.717, 1.165) is 19.3 Å². The molecule has 0 fully saturated rings. The van der Waals surface area contributed by atoms with Crippen LogP contribution in [0.25, 0.3) is 0 Å². The van der Waals surface area contributed by atoms with Crippen LogP contribution in [0.1, 0.15) is 110 Å². The van der Waals surface area contributed by atoms with Crippen LogP contribution in [0.2, 0.25) is 0 Å². The van der Waals surface area contributed by atoms with E-state index in [2.05, 4.69) is 19.1 Å². The maximum atomic E-state index is 12.0. The molecule has 8 heteroatoms. The largest absolute Gasteiger partial charge is 0.472 e. The molecule has 0 aliphatic carbocycles. The molecule has 0 radical (unpaired) electrons. The smallest absolute Gasteiger partial charge is 0.379 e. The SMILES string of the molecule is CCCCCCCCCCCCC/C=C\CCCCCOC[C@H](COP(=O)(O)OCC[N+](C)(C)C)OC. The molecular formula is C29H61NO6P+. The number of ether oxygens (including phenoxy) is 2. The average Bonchev–Trinajstić information content (AvgIpc) is 2.83. The van der Waals surface area contributed by atoms with Crippen LogP contribution in [-0.2, 0) is 23.1 Å². The van der Waals surface area contributed by atoms with Crippen LogP contribution in [0, 0.1) is 0 Å². The molecule has 0 aromatic carbocycles. The van der Waals surface area contributed by atoms with E-state index in [-0.39, 0.29) is 13.2 Å². The molecule has 1 N–H and O–H groups in total. The highest BCUT2D eigenvalue weighted by molar-refractivity contribution is 7.47. The van der Waals surface area contributed by atoms with Gasteiger partial charge in [0.25, 0.3) is 0 Å². The summed E-state index contributed by atoms with van der Waals surface area (Å²) in [4.78, 5) is 9.80. The van der Waals surface area contributed by atoms with Gasteiger partial charge in [-0.3, -0.25) is 9.05 Å². The highest BCUT2D eigenvalue weighted by Gasteiger charge is 2.24. The number of nitrogens with zero attached hydrogens (tertiary/aromatic N) is 1. The Morgan fingerprint density at radius 3 is 1.76 bits per heavy atom. The maximum absolute atomic E-state index is 12.0. The number of methoxy groups -OCH3 is 1. The summed E-state index contributed by atoms with van der Waals surface area (Å²) in [7, 11) is 3.43. The summed E-state index contributed by atoms with van der Waals surface area (Å²) in [6.45, 7) is 3.98. The first-order chi connectivity index (χ1) is 17.7. The van der Waals surface area contributed by atoms with Crippen molar-refractivity contribution in [2.75, 3.05) is 61.2 Å². The van der Waals surface area contributed by atoms with Crippen LogP contribution in [0.15, 0.2) is 12.2 Å². The summed E-state index contributed by atoms with van der Waals surface area (Å²) in [5.41, 5.74) is 0. The lowest BCUT2D eigenvalue weighted by molar-refractivity contribution is -0.870. The van der Waals surface area contributed by atoms with E-state index in [0.29, 0.717) is 24.2 Å². The number of phosphoric ester groups is 1. The minimum absolute atomic E-state index is 0.0431. The quantitative estimate of drug-likeness (QED) is 0.0466. The van der Waals surface area contributed by atoms with Crippen molar-refractivity contribution in [3.8, 4) is 0 Å². The zero-order valence-electron chi connectivity index (χ0n) is 25.0. The first kappa shape index (κ1) is 36.7. The van der Waals surface area contributed by atoms with E-state index in [1.807, 2.05) is 21.1 Å². The zero-order valence-corrected chi connectivity index (χ0v) is 25.9. The van der Waals surface area contributed by atoms with Gasteiger partial charge in [-0.15, -0.1) is 0 Å². The fraction of sp³-hybridized carbons (Fsp3) is 0.931. The lowest BCUT2D eigenvalue weighted by Gasteiger charge is -2.24. The number of hydrogen-bond acceptors (Lipinski definition) is 5. The standard InChI is InChI=1S/C29H60NO6P/c1-6-7-8-9-10-11-12-13-14-15-16-17-18-19-20-21-22-23-25-34-27-29(33-5)28-36-37(31,32)35-26-24-30(2,3)4/h18-19,29H,6-17,20-28H2,1-5H3/p+1/b19-18-/t29-/m1/s1. The molecule has 0 rings (SSSR count). The van der Waals surface area contributed by atoms with Gasteiger partial charge in [0, 0.05) is 13.7 Å². The fourth-order valence-electron chi connectivity index (χ4n) is 3.85. The Hall–Kier alpha value is -0.270. The number of allylic oxidation sites excluding steroid dienone is 2. The number of hydrogen-bond donors (Lipinski definition) is 1. The van der Waals surface area contributed by atoms with Crippen LogP contribution in [-0.4, -0.2) is 76.7 Å². The van der Waals surface area contributed by atoms with Crippen LogP contribution in [0.3, 0.4) is 0 Å². The van der Waals surface area contributed by atoms with E-state index in [1.165, 1.54) is 83.5 Å². The van der Waals surface area contributed by atoms with Crippen molar-refractivity contribution >= 4 is 7.82 Å². The number of quaternary nitrogens is 1. The number of unbranched alkanes of at least 4 members (excludes halogenated alkanes) is 14. The first-order valence-electron chi connectivity index (χ1n) is 14.9. The molecule has 1 unspecified atom stereocenters. The van der Waals surface area contributed by atoms with Gasteiger partial charge in [0.05, 0.1) is 34.4 Å². The molecule has 2 atom stereocenters. The second-order valence-electron chi connectivity index (χ2n) is 11.2. The Kier molecular flexibility index (Phi) is 24.6. The van der Waals surface area contributed by atoms with Crippen LogP contribution in [0.4, 0.5) is 0 Å². The highest BCUT2D eigenvalue weighted by Crippen LogP contribution is 2.43. The highest BCUT2D eigenvalue weighted by atomic mass is 31.2. The van der Waals surface area contributed by atoms with Gasteiger partial charge in [-0.1, -0.05) is 89.7 Å². The van der Waals surface area contributed by atoms with E-state index in [9.17, 15) is 9.46 Å². The maximum Gasteiger partial charge on any atom is 0.472 e. The summed E-state index contributed by atoms with van der Waals surface area (Å²) in [5.74, 6) is 0. The molecule has 0 saturated heterocycles. The first-order valence-corrected chi connectivity index (χ1v) is 16.4. The molecule has 0 heterocycles. The molecule has 0 bridgehead atoms. The predicted molar refractivity (Wildman–Crippen MR) is 155 cm³/mol. The van der Waals surface area contributed by atoms with E-state index in [4.69, 9.17) is 18.5 Å². The third-order valence-electron chi connectivity index (χ3n) is 6.38. The number of phosphoric acid groups is 1. The molecule has 0 aliphatic rings. The second kappa shape index (κ2) is 24.7. The molecule has 0 aromatic heterocycles. The van der Waals surface area contributed by atoms with Crippen molar-refractivity contribution in [2.24, 2.45) is 0 Å². The lowest BCUT2D eigenvalue weighted by atomic mass is 10.1. The minimum Gasteiger partial charge on any atom is -0.379 e. The molecule has 7 nitrogen and oxygen atoms in total. The van der Waals surface area contributed by atoms with Crippen molar-refractivity contribution in [1.82, 2.24) is 0 Å². The van der Waals surface area contributed by atoms with Gasteiger partial charge in [0.15, 0.2) is 0 Å².